The van der Waals surface area contributed by atoms with Crippen LogP contribution in [0.2, 0.25) is 0 Å². The molecule has 2 heterocycles. The number of ketones is 1. The van der Waals surface area contributed by atoms with Crippen molar-refractivity contribution in [1.82, 2.24) is 14.8 Å². The lowest BCUT2D eigenvalue weighted by Gasteiger charge is -2.32. The highest BCUT2D eigenvalue weighted by Gasteiger charge is 2.37. The zero-order chi connectivity index (χ0) is 16.8. The Morgan fingerprint density at radius 2 is 2.00 bits per heavy atom. The number of rotatable bonds is 2. The number of anilines is 1. The van der Waals surface area contributed by atoms with Crippen LogP contribution < -0.4 is 5.32 Å². The molecule has 0 saturated carbocycles. The summed E-state index contributed by atoms with van der Waals surface area (Å²) in [5.74, 6) is -0.894. The van der Waals surface area contributed by atoms with Gasteiger partial charge in [-0.15, -0.1) is 5.10 Å². The molecule has 5 nitrogen and oxygen atoms in total. The lowest BCUT2D eigenvalue weighted by Crippen LogP contribution is -2.31. The van der Waals surface area contributed by atoms with Gasteiger partial charge < -0.3 is 5.32 Å². The molecule has 0 bridgehead atoms. The molecule has 1 aliphatic carbocycles. The van der Waals surface area contributed by atoms with Crippen LogP contribution in [-0.4, -0.2) is 26.8 Å². The average molecular weight is 348 g/mol. The van der Waals surface area contributed by atoms with Gasteiger partial charge in [0.05, 0.1) is 0 Å². The van der Waals surface area contributed by atoms with E-state index in [1.807, 2.05) is 6.26 Å². The maximum absolute atomic E-state index is 13.7. The number of carbonyl (C=O) groups is 1. The van der Waals surface area contributed by atoms with E-state index in [-0.39, 0.29) is 5.78 Å². The SMILES string of the molecule is CSc1nc2n(n1)[C@H](c1cc(F)cc(F)c1)C1=C(CCCC1=O)N2. The molecule has 8 heteroatoms. The van der Waals surface area contributed by atoms with Crippen LogP contribution in [0.15, 0.2) is 34.6 Å². The van der Waals surface area contributed by atoms with E-state index in [1.165, 1.54) is 23.9 Å². The molecule has 2 aliphatic rings. The zero-order valence-corrected chi connectivity index (χ0v) is 13.7. The van der Waals surface area contributed by atoms with Gasteiger partial charge in [-0.3, -0.25) is 4.79 Å². The van der Waals surface area contributed by atoms with Gasteiger partial charge in [-0.05, 0) is 36.8 Å². The second kappa shape index (κ2) is 5.70. The Bertz CT molecular complexity index is 857. The standard InChI is InChI=1S/C16H14F2N4OS/c1-24-16-20-15-19-11-3-2-4-12(23)13(11)14(22(15)21-16)8-5-9(17)7-10(18)6-8/h5-7,14H,2-4H2,1H3,(H,19,20,21)/t14-/m1/s1. The number of fused-ring (bicyclic) bond motifs is 1. The van der Waals surface area contributed by atoms with Gasteiger partial charge in [0.1, 0.15) is 17.7 Å². The van der Waals surface area contributed by atoms with Gasteiger partial charge in [0.15, 0.2) is 5.78 Å². The third kappa shape index (κ3) is 2.41. The summed E-state index contributed by atoms with van der Waals surface area (Å²) < 4.78 is 29.0. The van der Waals surface area contributed by atoms with Crippen molar-refractivity contribution in [1.29, 1.82) is 0 Å². The van der Waals surface area contributed by atoms with Crippen molar-refractivity contribution in [2.75, 3.05) is 11.6 Å². The molecule has 0 unspecified atom stereocenters. The molecule has 4 rings (SSSR count). The molecule has 1 atom stereocenters. The number of nitrogens with one attached hydrogen (secondary N) is 1. The van der Waals surface area contributed by atoms with Gasteiger partial charge in [0, 0.05) is 23.8 Å². The highest BCUT2D eigenvalue weighted by atomic mass is 32.2. The molecule has 1 aromatic carbocycles. The minimum atomic E-state index is -0.680. The van der Waals surface area contributed by atoms with Crippen molar-refractivity contribution in [3.8, 4) is 0 Å². The van der Waals surface area contributed by atoms with Crippen molar-refractivity contribution in [2.45, 2.75) is 30.5 Å². The maximum Gasteiger partial charge on any atom is 0.227 e. The van der Waals surface area contributed by atoms with Crippen LogP contribution in [0.5, 0.6) is 0 Å². The summed E-state index contributed by atoms with van der Waals surface area (Å²) in [6.45, 7) is 0. The molecule has 1 aliphatic heterocycles. The normalized spacial score (nSPS) is 19.8. The fraction of sp³-hybridized carbons (Fsp3) is 0.312. The summed E-state index contributed by atoms with van der Waals surface area (Å²) in [7, 11) is 0. The van der Waals surface area contributed by atoms with E-state index < -0.39 is 17.7 Å². The van der Waals surface area contributed by atoms with E-state index >= 15 is 0 Å². The molecule has 1 N–H and O–H groups in total. The summed E-state index contributed by atoms with van der Waals surface area (Å²) >= 11 is 1.37. The van der Waals surface area contributed by atoms with E-state index in [2.05, 4.69) is 15.4 Å². The molecular formula is C16H14F2N4OS. The number of thioether (sulfide) groups is 1. The first kappa shape index (κ1) is 15.3. The Morgan fingerprint density at radius 3 is 2.71 bits per heavy atom. The number of nitrogens with zero attached hydrogens (tertiary/aromatic N) is 3. The average Bonchev–Trinajstić information content (AvgIpc) is 2.94. The van der Waals surface area contributed by atoms with Crippen LogP contribution in [0.3, 0.4) is 0 Å². The summed E-state index contributed by atoms with van der Waals surface area (Å²) in [5.41, 5.74) is 1.65. The first-order chi connectivity index (χ1) is 11.6. The Morgan fingerprint density at radius 1 is 1.25 bits per heavy atom. The van der Waals surface area contributed by atoms with E-state index in [4.69, 9.17) is 0 Å². The van der Waals surface area contributed by atoms with E-state index in [0.717, 1.165) is 18.2 Å². The third-order valence-corrected chi connectivity index (χ3v) is 4.77. The minimum Gasteiger partial charge on any atom is -0.328 e. The van der Waals surface area contributed by atoms with Gasteiger partial charge >= 0.3 is 0 Å². The molecule has 0 fully saturated rings. The molecule has 0 amide bonds. The first-order valence-electron chi connectivity index (χ1n) is 7.56. The predicted octanol–water partition coefficient (Wildman–Crippen LogP) is 3.30. The van der Waals surface area contributed by atoms with Gasteiger partial charge in [-0.25, -0.2) is 13.5 Å². The second-order valence-corrected chi connectivity index (χ2v) is 6.54. The van der Waals surface area contributed by atoms with E-state index in [9.17, 15) is 13.6 Å². The first-order valence-corrected chi connectivity index (χ1v) is 8.79. The smallest absolute Gasteiger partial charge is 0.227 e. The molecule has 1 aromatic heterocycles. The molecule has 24 heavy (non-hydrogen) atoms. The number of hydrogen-bond acceptors (Lipinski definition) is 5. The molecule has 0 spiro atoms. The fourth-order valence-electron chi connectivity index (χ4n) is 3.26. The largest absolute Gasteiger partial charge is 0.328 e. The summed E-state index contributed by atoms with van der Waals surface area (Å²) in [5, 5.41) is 8.08. The van der Waals surface area contributed by atoms with E-state index in [1.54, 1.807) is 4.68 Å². The number of aromatic nitrogens is 3. The highest BCUT2D eigenvalue weighted by molar-refractivity contribution is 7.98. The van der Waals surface area contributed by atoms with Gasteiger partial charge in [0.25, 0.3) is 0 Å². The van der Waals surface area contributed by atoms with Crippen molar-refractivity contribution < 1.29 is 13.6 Å². The minimum absolute atomic E-state index is 0.0229. The van der Waals surface area contributed by atoms with Crippen LogP contribution in [0, 0.1) is 11.6 Å². The molecule has 0 saturated heterocycles. The van der Waals surface area contributed by atoms with Crippen LogP contribution in [0.25, 0.3) is 0 Å². The van der Waals surface area contributed by atoms with Crippen molar-refractivity contribution >= 4 is 23.5 Å². The summed E-state index contributed by atoms with van der Waals surface area (Å²) in [4.78, 5) is 16.9. The molecule has 2 aromatic rings. The van der Waals surface area contributed by atoms with Gasteiger partial charge in [0.2, 0.25) is 11.1 Å². The number of allylic oxidation sites excluding steroid dienone is 2. The topological polar surface area (TPSA) is 59.8 Å². The van der Waals surface area contributed by atoms with E-state index in [0.29, 0.717) is 35.1 Å². The summed E-state index contributed by atoms with van der Waals surface area (Å²) in [6, 6.07) is 2.65. The van der Waals surface area contributed by atoms with Crippen molar-refractivity contribution in [3.63, 3.8) is 0 Å². The van der Waals surface area contributed by atoms with Crippen LogP contribution in [0.4, 0.5) is 14.7 Å². The number of halogens is 2. The predicted molar refractivity (Wildman–Crippen MR) is 85.8 cm³/mol. The Hall–Kier alpha value is -2.22. The molecule has 0 radical (unpaired) electrons. The lowest BCUT2D eigenvalue weighted by atomic mass is 9.85. The molecular weight excluding hydrogens is 334 g/mol. The Labute approximate surface area is 141 Å². The van der Waals surface area contributed by atoms with Crippen molar-refractivity contribution in [3.05, 3.63) is 46.7 Å². The molecule has 124 valence electrons. The number of carbonyl (C=O) groups excluding carboxylic acids is 1. The van der Waals surface area contributed by atoms with Crippen LogP contribution in [0.1, 0.15) is 30.9 Å². The number of Topliss-reactive ketones (excluding diaryl/α,β-unsaturated/α-hetero) is 1. The monoisotopic (exact) mass is 348 g/mol. The Kier molecular flexibility index (Phi) is 3.64. The number of hydrogen-bond donors (Lipinski definition) is 1. The fourth-order valence-corrected chi connectivity index (χ4v) is 3.61. The van der Waals surface area contributed by atoms with Gasteiger partial charge in [-0.1, -0.05) is 11.8 Å². The van der Waals surface area contributed by atoms with Crippen LogP contribution >= 0.6 is 11.8 Å². The highest BCUT2D eigenvalue weighted by Crippen LogP contribution is 2.40. The third-order valence-electron chi connectivity index (χ3n) is 4.23. The van der Waals surface area contributed by atoms with Crippen molar-refractivity contribution in [2.24, 2.45) is 0 Å². The lowest BCUT2D eigenvalue weighted by molar-refractivity contribution is -0.116. The second-order valence-electron chi connectivity index (χ2n) is 5.77. The summed E-state index contributed by atoms with van der Waals surface area (Å²) in [6.07, 6.45) is 3.72. The maximum atomic E-state index is 13.7. The zero-order valence-electron chi connectivity index (χ0n) is 12.8. The quantitative estimate of drug-likeness (QED) is 0.844. The Balaban J connectivity index is 1.94. The number of benzene rings is 1. The van der Waals surface area contributed by atoms with Gasteiger partial charge in [-0.2, -0.15) is 4.98 Å². The van der Waals surface area contributed by atoms with Crippen LogP contribution in [-0.2, 0) is 4.79 Å².